The molecule has 1 atom stereocenters. The van der Waals surface area contributed by atoms with Gasteiger partial charge in [0.2, 0.25) is 0 Å². The first-order valence-electron chi connectivity index (χ1n) is 9.54. The van der Waals surface area contributed by atoms with Crippen molar-refractivity contribution in [2.24, 2.45) is 0 Å². The van der Waals surface area contributed by atoms with E-state index in [2.05, 4.69) is 10.4 Å². The number of hydrogen-bond donors (Lipinski definition) is 1. The van der Waals surface area contributed by atoms with Crippen LogP contribution in [0, 0.1) is 6.92 Å². The molecule has 1 fully saturated rings. The molecule has 2 aromatic heterocycles. The van der Waals surface area contributed by atoms with Crippen LogP contribution in [-0.2, 0) is 11.3 Å². The molecule has 1 unspecified atom stereocenters. The number of benzene rings is 1. The zero-order valence-corrected chi connectivity index (χ0v) is 16.0. The Hall–Kier alpha value is -3.26. The van der Waals surface area contributed by atoms with E-state index in [1.54, 1.807) is 31.3 Å². The fraction of sp³-hybridized carbons (Fsp3) is 0.333. The van der Waals surface area contributed by atoms with Gasteiger partial charge in [-0.1, -0.05) is 18.2 Å². The smallest absolute Gasteiger partial charge is 0.349 e. The van der Waals surface area contributed by atoms with Crippen LogP contribution in [0.25, 0.3) is 10.8 Å². The Morgan fingerprint density at radius 3 is 2.90 bits per heavy atom. The van der Waals surface area contributed by atoms with E-state index in [4.69, 9.17) is 9.15 Å². The van der Waals surface area contributed by atoms with Gasteiger partial charge in [-0.2, -0.15) is 5.10 Å². The molecule has 29 heavy (non-hydrogen) atoms. The number of hydrogen-bond acceptors (Lipinski definition) is 6. The summed E-state index contributed by atoms with van der Waals surface area (Å²) in [5.74, 6) is -0.0857. The number of aromatic nitrogens is 2. The van der Waals surface area contributed by atoms with E-state index in [-0.39, 0.29) is 30.3 Å². The molecule has 0 saturated carbocycles. The van der Waals surface area contributed by atoms with Gasteiger partial charge in [-0.05, 0) is 37.5 Å². The van der Waals surface area contributed by atoms with Crippen LogP contribution in [0.5, 0.6) is 0 Å². The van der Waals surface area contributed by atoms with Crippen molar-refractivity contribution in [2.45, 2.75) is 32.4 Å². The Bertz CT molecular complexity index is 1170. The van der Waals surface area contributed by atoms with Gasteiger partial charge in [0.05, 0.1) is 18.1 Å². The van der Waals surface area contributed by atoms with Gasteiger partial charge in [0.15, 0.2) is 0 Å². The number of amides is 1. The molecule has 1 saturated heterocycles. The number of nitrogens with zero attached hydrogens (tertiary/aromatic N) is 2. The number of fused-ring (bicyclic) bond motifs is 1. The van der Waals surface area contributed by atoms with E-state index in [9.17, 15) is 14.4 Å². The third-order valence-corrected chi connectivity index (χ3v) is 5.01. The quantitative estimate of drug-likeness (QED) is 0.708. The molecule has 8 heteroatoms. The molecule has 0 spiro atoms. The summed E-state index contributed by atoms with van der Waals surface area (Å²) in [7, 11) is 0. The fourth-order valence-corrected chi connectivity index (χ4v) is 3.52. The van der Waals surface area contributed by atoms with Crippen LogP contribution in [-0.4, -0.2) is 28.8 Å². The van der Waals surface area contributed by atoms with Gasteiger partial charge in [-0.15, -0.1) is 0 Å². The Morgan fingerprint density at radius 2 is 2.14 bits per heavy atom. The van der Waals surface area contributed by atoms with Crippen LogP contribution in [0.2, 0.25) is 0 Å². The second-order valence-corrected chi connectivity index (χ2v) is 7.01. The predicted molar refractivity (Wildman–Crippen MR) is 106 cm³/mol. The summed E-state index contributed by atoms with van der Waals surface area (Å²) in [4.78, 5) is 37.3. The summed E-state index contributed by atoms with van der Waals surface area (Å²) in [6.45, 7) is 2.67. The second-order valence-electron chi connectivity index (χ2n) is 7.01. The normalized spacial score (nSPS) is 16.2. The average Bonchev–Trinajstić information content (AvgIpc) is 3.24. The average molecular weight is 395 g/mol. The molecule has 1 aliphatic heterocycles. The molecule has 1 N–H and O–H groups in total. The maximum atomic E-state index is 12.5. The standard InChI is InChI=1S/C21H21N3O5/c1-13-11-17(16-7-4-10-28-16)29-21(27)18(13)19(25)22-8-9-24-20(26)15-6-3-2-5-14(15)12-23-24/h2-3,5-6,11-12,16H,4,7-10H2,1H3,(H,22,25). The summed E-state index contributed by atoms with van der Waals surface area (Å²) in [6.07, 6.45) is 3.09. The van der Waals surface area contributed by atoms with Crippen LogP contribution in [0.1, 0.15) is 40.6 Å². The van der Waals surface area contributed by atoms with E-state index in [1.165, 1.54) is 4.68 Å². The Morgan fingerprint density at radius 1 is 1.31 bits per heavy atom. The van der Waals surface area contributed by atoms with E-state index in [0.29, 0.717) is 23.3 Å². The van der Waals surface area contributed by atoms with Gasteiger partial charge in [0.25, 0.3) is 11.5 Å². The van der Waals surface area contributed by atoms with Crippen LogP contribution < -0.4 is 16.5 Å². The van der Waals surface area contributed by atoms with Crippen molar-refractivity contribution in [2.75, 3.05) is 13.2 Å². The molecule has 4 rings (SSSR count). The zero-order valence-electron chi connectivity index (χ0n) is 16.0. The minimum Gasteiger partial charge on any atom is -0.424 e. The minimum absolute atomic E-state index is 0.0365. The SMILES string of the molecule is Cc1cc(C2CCCO2)oc(=O)c1C(=O)NCCn1ncc2ccccc2c1=O. The van der Waals surface area contributed by atoms with Crippen molar-refractivity contribution in [1.29, 1.82) is 0 Å². The Balaban J connectivity index is 1.46. The van der Waals surface area contributed by atoms with E-state index in [0.717, 1.165) is 18.2 Å². The highest BCUT2D eigenvalue weighted by molar-refractivity contribution is 5.95. The number of carbonyl (C=O) groups is 1. The van der Waals surface area contributed by atoms with Crippen molar-refractivity contribution >= 4 is 16.7 Å². The lowest BCUT2D eigenvalue weighted by molar-refractivity contribution is 0.0883. The van der Waals surface area contributed by atoms with Crippen molar-refractivity contribution in [1.82, 2.24) is 15.1 Å². The van der Waals surface area contributed by atoms with Crippen molar-refractivity contribution < 1.29 is 13.9 Å². The van der Waals surface area contributed by atoms with Crippen LogP contribution >= 0.6 is 0 Å². The first-order valence-corrected chi connectivity index (χ1v) is 9.54. The van der Waals surface area contributed by atoms with Gasteiger partial charge < -0.3 is 14.5 Å². The summed E-state index contributed by atoms with van der Waals surface area (Å²) >= 11 is 0. The van der Waals surface area contributed by atoms with Gasteiger partial charge in [0, 0.05) is 18.5 Å². The van der Waals surface area contributed by atoms with Crippen LogP contribution in [0.4, 0.5) is 0 Å². The van der Waals surface area contributed by atoms with E-state index < -0.39 is 11.5 Å². The summed E-state index contributed by atoms with van der Waals surface area (Å²) in [5.41, 5.74) is -0.418. The third-order valence-electron chi connectivity index (χ3n) is 5.01. The maximum absolute atomic E-state index is 12.5. The zero-order chi connectivity index (χ0) is 20.4. The summed E-state index contributed by atoms with van der Waals surface area (Å²) in [6, 6.07) is 8.86. The minimum atomic E-state index is -0.686. The number of carbonyl (C=O) groups excluding carboxylic acids is 1. The van der Waals surface area contributed by atoms with E-state index in [1.807, 2.05) is 12.1 Å². The molecule has 3 heterocycles. The molecule has 150 valence electrons. The number of nitrogens with one attached hydrogen (secondary N) is 1. The molecule has 1 aromatic carbocycles. The number of aryl methyl sites for hydroxylation is 1. The third kappa shape index (κ3) is 3.84. The lowest BCUT2D eigenvalue weighted by Gasteiger charge is -2.11. The molecule has 0 radical (unpaired) electrons. The highest BCUT2D eigenvalue weighted by Gasteiger charge is 2.24. The topological polar surface area (TPSA) is 103 Å². The van der Waals surface area contributed by atoms with Crippen molar-refractivity contribution in [3.05, 3.63) is 74.2 Å². The van der Waals surface area contributed by atoms with Crippen molar-refractivity contribution in [3.8, 4) is 0 Å². The fourth-order valence-electron chi connectivity index (χ4n) is 3.52. The monoisotopic (exact) mass is 395 g/mol. The highest BCUT2D eigenvalue weighted by atomic mass is 16.5. The van der Waals surface area contributed by atoms with Crippen LogP contribution in [0.15, 0.2) is 50.5 Å². The number of rotatable bonds is 5. The highest BCUT2D eigenvalue weighted by Crippen LogP contribution is 2.28. The van der Waals surface area contributed by atoms with Crippen LogP contribution in [0.3, 0.4) is 0 Å². The predicted octanol–water partition coefficient (Wildman–Crippen LogP) is 1.94. The van der Waals surface area contributed by atoms with Gasteiger partial charge in [-0.3, -0.25) is 9.59 Å². The molecular weight excluding hydrogens is 374 g/mol. The van der Waals surface area contributed by atoms with Gasteiger partial charge >= 0.3 is 5.63 Å². The lowest BCUT2D eigenvalue weighted by atomic mass is 10.1. The molecule has 8 nitrogen and oxygen atoms in total. The molecule has 1 amide bonds. The molecular formula is C21H21N3O5. The molecule has 3 aromatic rings. The Labute approximate surface area is 166 Å². The van der Waals surface area contributed by atoms with E-state index >= 15 is 0 Å². The first kappa shape index (κ1) is 19.1. The molecule has 1 aliphatic rings. The van der Waals surface area contributed by atoms with Crippen molar-refractivity contribution in [3.63, 3.8) is 0 Å². The summed E-state index contributed by atoms with van der Waals surface area (Å²) in [5, 5.41) is 8.12. The van der Waals surface area contributed by atoms with Gasteiger partial charge in [0.1, 0.15) is 17.4 Å². The Kier molecular flexibility index (Phi) is 5.26. The van der Waals surface area contributed by atoms with Gasteiger partial charge in [-0.25, -0.2) is 9.48 Å². The lowest BCUT2D eigenvalue weighted by Crippen LogP contribution is -2.34. The molecule has 0 aliphatic carbocycles. The largest absolute Gasteiger partial charge is 0.424 e. The second kappa shape index (κ2) is 8.00. The molecule has 0 bridgehead atoms. The number of ether oxygens (including phenoxy) is 1. The summed E-state index contributed by atoms with van der Waals surface area (Å²) < 4.78 is 12.1. The maximum Gasteiger partial charge on any atom is 0.349 e. The first-order chi connectivity index (χ1) is 14.0.